The predicted octanol–water partition coefficient (Wildman–Crippen LogP) is 3.83. The lowest BCUT2D eigenvalue weighted by molar-refractivity contribution is 0.577. The first-order valence-corrected chi connectivity index (χ1v) is 7.58. The van der Waals surface area contributed by atoms with Gasteiger partial charge in [0.2, 0.25) is 0 Å². The van der Waals surface area contributed by atoms with Gasteiger partial charge in [0, 0.05) is 37.4 Å². The molecular formula is C16H23N3. The van der Waals surface area contributed by atoms with E-state index < -0.39 is 0 Å². The zero-order valence-corrected chi connectivity index (χ0v) is 11.8. The van der Waals surface area contributed by atoms with Gasteiger partial charge in [0.05, 0.1) is 17.4 Å². The Morgan fingerprint density at radius 1 is 1.21 bits per heavy atom. The lowest BCUT2D eigenvalue weighted by Crippen LogP contribution is -2.29. The van der Waals surface area contributed by atoms with Crippen LogP contribution in [-0.4, -0.2) is 22.6 Å². The van der Waals surface area contributed by atoms with Crippen molar-refractivity contribution in [3.8, 4) is 0 Å². The van der Waals surface area contributed by atoms with Crippen LogP contribution in [0.15, 0.2) is 24.7 Å². The van der Waals surface area contributed by atoms with Gasteiger partial charge >= 0.3 is 0 Å². The molecule has 0 atom stereocenters. The molecule has 0 aliphatic carbocycles. The molecule has 0 radical (unpaired) electrons. The van der Waals surface area contributed by atoms with Crippen LogP contribution < -0.4 is 4.90 Å². The highest BCUT2D eigenvalue weighted by molar-refractivity contribution is 5.93. The molecule has 0 aromatic carbocycles. The number of hydrogen-bond acceptors (Lipinski definition) is 2. The largest absolute Gasteiger partial charge is 0.370 e. The quantitative estimate of drug-likeness (QED) is 0.830. The second kappa shape index (κ2) is 5.64. The fourth-order valence-electron chi connectivity index (χ4n) is 3.02. The van der Waals surface area contributed by atoms with Crippen molar-refractivity contribution >= 4 is 16.6 Å². The van der Waals surface area contributed by atoms with Crippen LogP contribution in [0, 0.1) is 0 Å². The average Bonchev–Trinajstić information content (AvgIpc) is 2.85. The van der Waals surface area contributed by atoms with Crippen molar-refractivity contribution in [2.75, 3.05) is 18.0 Å². The maximum Gasteiger partial charge on any atom is 0.0688 e. The maximum atomic E-state index is 4.30. The summed E-state index contributed by atoms with van der Waals surface area (Å²) in [7, 11) is 0. The van der Waals surface area contributed by atoms with Gasteiger partial charge in [0.25, 0.3) is 0 Å². The van der Waals surface area contributed by atoms with E-state index in [4.69, 9.17) is 0 Å². The topological polar surface area (TPSA) is 21.1 Å². The molecule has 1 saturated heterocycles. The van der Waals surface area contributed by atoms with Crippen LogP contribution in [-0.2, 0) is 6.54 Å². The summed E-state index contributed by atoms with van der Waals surface area (Å²) in [6.07, 6.45) is 12.8. The lowest BCUT2D eigenvalue weighted by Gasteiger charge is -2.28. The summed E-state index contributed by atoms with van der Waals surface area (Å²) < 4.78 is 2.38. The standard InChI is InChI=1S/C16H23N3/c1-2-3-9-19-13-16(18-10-5-4-6-11-18)14-7-8-17-12-15(14)19/h7-8,12-13H,2-6,9-11H2,1H3. The fourth-order valence-corrected chi connectivity index (χ4v) is 3.02. The van der Waals surface area contributed by atoms with Crippen LogP contribution in [0.4, 0.5) is 5.69 Å². The number of anilines is 1. The van der Waals surface area contributed by atoms with Crippen LogP contribution in [0.3, 0.4) is 0 Å². The molecular weight excluding hydrogens is 234 g/mol. The van der Waals surface area contributed by atoms with Crippen molar-refractivity contribution in [3.05, 3.63) is 24.7 Å². The van der Waals surface area contributed by atoms with E-state index in [0.29, 0.717) is 0 Å². The Morgan fingerprint density at radius 3 is 2.84 bits per heavy atom. The Bertz CT molecular complexity index is 538. The predicted molar refractivity (Wildman–Crippen MR) is 80.7 cm³/mol. The Labute approximate surface area is 115 Å². The molecule has 2 aromatic rings. The van der Waals surface area contributed by atoms with E-state index in [-0.39, 0.29) is 0 Å². The van der Waals surface area contributed by atoms with Crippen LogP contribution in [0.25, 0.3) is 10.9 Å². The van der Waals surface area contributed by atoms with Crippen molar-refractivity contribution in [1.82, 2.24) is 9.55 Å². The Morgan fingerprint density at radius 2 is 2.05 bits per heavy atom. The first kappa shape index (κ1) is 12.5. The molecule has 1 aliphatic rings. The maximum absolute atomic E-state index is 4.30. The number of fused-ring (bicyclic) bond motifs is 1. The van der Waals surface area contributed by atoms with E-state index >= 15 is 0 Å². The highest BCUT2D eigenvalue weighted by atomic mass is 15.2. The molecule has 0 spiro atoms. The highest BCUT2D eigenvalue weighted by Crippen LogP contribution is 2.30. The lowest BCUT2D eigenvalue weighted by atomic mass is 10.1. The molecule has 2 aromatic heterocycles. The van der Waals surface area contributed by atoms with E-state index in [1.54, 1.807) is 0 Å². The van der Waals surface area contributed by atoms with Gasteiger partial charge in [-0.1, -0.05) is 13.3 Å². The summed E-state index contributed by atoms with van der Waals surface area (Å²) in [4.78, 5) is 6.85. The SMILES string of the molecule is CCCCn1cc(N2CCCCC2)c2ccncc21. The number of unbranched alkanes of at least 4 members (excludes halogenated alkanes) is 1. The molecule has 0 N–H and O–H groups in total. The smallest absolute Gasteiger partial charge is 0.0688 e. The second-order valence-corrected chi connectivity index (χ2v) is 5.50. The molecule has 3 nitrogen and oxygen atoms in total. The molecule has 1 fully saturated rings. The molecule has 19 heavy (non-hydrogen) atoms. The molecule has 0 unspecified atom stereocenters. The number of piperidine rings is 1. The summed E-state index contributed by atoms with van der Waals surface area (Å²) in [5.74, 6) is 0. The van der Waals surface area contributed by atoms with Crippen molar-refractivity contribution in [1.29, 1.82) is 0 Å². The minimum Gasteiger partial charge on any atom is -0.370 e. The number of pyridine rings is 1. The van der Waals surface area contributed by atoms with Gasteiger partial charge in [-0.05, 0) is 31.7 Å². The Balaban J connectivity index is 1.98. The van der Waals surface area contributed by atoms with Gasteiger partial charge in [0.1, 0.15) is 0 Å². The summed E-state index contributed by atoms with van der Waals surface area (Å²) in [5, 5.41) is 1.37. The van der Waals surface area contributed by atoms with Gasteiger partial charge in [-0.25, -0.2) is 0 Å². The highest BCUT2D eigenvalue weighted by Gasteiger charge is 2.16. The molecule has 0 saturated carbocycles. The molecule has 1 aliphatic heterocycles. The van der Waals surface area contributed by atoms with Crippen LogP contribution >= 0.6 is 0 Å². The minimum atomic E-state index is 1.10. The molecule has 0 bridgehead atoms. The van der Waals surface area contributed by atoms with Gasteiger partial charge in [0.15, 0.2) is 0 Å². The van der Waals surface area contributed by atoms with Crippen LogP contribution in [0.1, 0.15) is 39.0 Å². The molecule has 0 amide bonds. The van der Waals surface area contributed by atoms with E-state index in [2.05, 4.69) is 33.6 Å². The van der Waals surface area contributed by atoms with Crippen molar-refractivity contribution in [2.24, 2.45) is 0 Å². The minimum absolute atomic E-state index is 1.10. The molecule has 3 heteroatoms. The van der Waals surface area contributed by atoms with Gasteiger partial charge in [-0.3, -0.25) is 4.98 Å². The van der Waals surface area contributed by atoms with Crippen molar-refractivity contribution < 1.29 is 0 Å². The fraction of sp³-hybridized carbons (Fsp3) is 0.562. The number of aryl methyl sites for hydroxylation is 1. The summed E-state index contributed by atoms with van der Waals surface area (Å²) in [6.45, 7) is 5.76. The summed E-state index contributed by atoms with van der Waals surface area (Å²) in [5.41, 5.74) is 2.70. The van der Waals surface area contributed by atoms with Crippen LogP contribution in [0.2, 0.25) is 0 Å². The third-order valence-corrected chi connectivity index (χ3v) is 4.11. The number of rotatable bonds is 4. The van der Waals surface area contributed by atoms with E-state index in [1.807, 2.05) is 12.4 Å². The summed E-state index contributed by atoms with van der Waals surface area (Å²) >= 11 is 0. The van der Waals surface area contributed by atoms with Gasteiger partial charge < -0.3 is 9.47 Å². The average molecular weight is 257 g/mol. The zero-order chi connectivity index (χ0) is 13.1. The van der Waals surface area contributed by atoms with Crippen LogP contribution in [0.5, 0.6) is 0 Å². The normalized spacial score (nSPS) is 16.2. The first-order chi connectivity index (χ1) is 9.40. The van der Waals surface area contributed by atoms with Crippen molar-refractivity contribution in [2.45, 2.75) is 45.6 Å². The Hall–Kier alpha value is -1.51. The van der Waals surface area contributed by atoms with Crippen molar-refractivity contribution in [3.63, 3.8) is 0 Å². The molecule has 3 heterocycles. The third kappa shape index (κ3) is 2.46. The molecule has 3 rings (SSSR count). The monoisotopic (exact) mass is 257 g/mol. The number of aromatic nitrogens is 2. The first-order valence-electron chi connectivity index (χ1n) is 7.58. The van der Waals surface area contributed by atoms with Gasteiger partial charge in [-0.2, -0.15) is 0 Å². The third-order valence-electron chi connectivity index (χ3n) is 4.11. The van der Waals surface area contributed by atoms with E-state index in [1.165, 1.54) is 61.8 Å². The number of nitrogens with zero attached hydrogens (tertiary/aromatic N) is 3. The summed E-state index contributed by atoms with van der Waals surface area (Å²) in [6, 6.07) is 2.17. The zero-order valence-electron chi connectivity index (χ0n) is 11.8. The van der Waals surface area contributed by atoms with E-state index in [0.717, 1.165) is 6.54 Å². The Kier molecular flexibility index (Phi) is 3.72. The molecule has 102 valence electrons. The van der Waals surface area contributed by atoms with E-state index in [9.17, 15) is 0 Å². The number of hydrogen-bond donors (Lipinski definition) is 0. The van der Waals surface area contributed by atoms with Gasteiger partial charge in [-0.15, -0.1) is 0 Å². The second-order valence-electron chi connectivity index (χ2n) is 5.50.